The average molecular weight is 433 g/mol. The zero-order valence-electron chi connectivity index (χ0n) is 18.0. The van der Waals surface area contributed by atoms with Gasteiger partial charge in [-0.25, -0.2) is 4.79 Å². The third-order valence-electron chi connectivity index (χ3n) is 5.36. The molecule has 7 nitrogen and oxygen atoms in total. The number of carbonyl (C=O) groups is 1. The minimum absolute atomic E-state index is 0.0443. The van der Waals surface area contributed by atoms with Crippen LogP contribution >= 0.6 is 0 Å². The van der Waals surface area contributed by atoms with Crippen molar-refractivity contribution in [3.8, 4) is 17.3 Å². The van der Waals surface area contributed by atoms with E-state index in [1.165, 1.54) is 19.3 Å². The van der Waals surface area contributed by atoms with Gasteiger partial charge in [0.15, 0.2) is 5.76 Å². The van der Waals surface area contributed by atoms with Gasteiger partial charge in [0.1, 0.15) is 11.2 Å². The lowest BCUT2D eigenvalue weighted by atomic mass is 10.1. The highest BCUT2D eigenvalue weighted by atomic mass is 16.5. The summed E-state index contributed by atoms with van der Waals surface area (Å²) >= 11 is 0. The Morgan fingerprint density at radius 1 is 1.06 bits per heavy atom. The lowest BCUT2D eigenvalue weighted by Crippen LogP contribution is -2.21. The Labute approximate surface area is 184 Å². The molecule has 0 radical (unpaired) electrons. The predicted octanol–water partition coefficient (Wildman–Crippen LogP) is 4.94. The number of furan rings is 1. The molecule has 0 saturated heterocycles. The molecule has 32 heavy (non-hydrogen) atoms. The van der Waals surface area contributed by atoms with E-state index in [0.29, 0.717) is 11.1 Å². The van der Waals surface area contributed by atoms with Gasteiger partial charge in [0.2, 0.25) is 16.9 Å². The molecular weight excluding hydrogens is 410 g/mol. The van der Waals surface area contributed by atoms with Crippen LogP contribution in [0.15, 0.2) is 62.2 Å². The standard InChI is InChI=1S/C25H23NO6/c1-4-26(5-2)17-9-8-16-13-21(31-19(16)14-17)25-24(29)23(28)18-10-6-15(12-20(18)32-25)7-11-22(27)30-3/h6-14,29H,4-5H2,1-3H3/b11-7+. The molecular formula is C25H23NO6. The Bertz CT molecular complexity index is 1390. The molecule has 1 N–H and O–H groups in total. The van der Waals surface area contributed by atoms with Gasteiger partial charge in [-0.2, -0.15) is 0 Å². The van der Waals surface area contributed by atoms with Crippen molar-refractivity contribution in [2.75, 3.05) is 25.1 Å². The first kappa shape index (κ1) is 21.2. The van der Waals surface area contributed by atoms with Gasteiger partial charge in [-0.05, 0) is 55.8 Å². The minimum atomic E-state index is -0.561. The second-order valence-electron chi connectivity index (χ2n) is 7.23. The maximum atomic E-state index is 12.7. The van der Waals surface area contributed by atoms with Crippen molar-refractivity contribution < 1.29 is 23.5 Å². The molecule has 4 rings (SSSR count). The highest BCUT2D eigenvalue weighted by molar-refractivity contribution is 5.90. The van der Waals surface area contributed by atoms with Gasteiger partial charge in [0.05, 0.1) is 12.5 Å². The summed E-state index contributed by atoms with van der Waals surface area (Å²) in [6, 6.07) is 12.4. The number of ether oxygens (including phenoxy) is 1. The van der Waals surface area contributed by atoms with Gasteiger partial charge in [-0.1, -0.05) is 6.07 Å². The zero-order valence-corrected chi connectivity index (χ0v) is 18.0. The van der Waals surface area contributed by atoms with E-state index in [-0.39, 0.29) is 22.5 Å². The van der Waals surface area contributed by atoms with Crippen LogP contribution in [0.1, 0.15) is 19.4 Å². The number of hydrogen-bond donors (Lipinski definition) is 1. The van der Waals surface area contributed by atoms with E-state index in [9.17, 15) is 14.7 Å². The number of anilines is 1. The topological polar surface area (TPSA) is 93.1 Å². The van der Waals surface area contributed by atoms with E-state index in [0.717, 1.165) is 24.2 Å². The SMILES string of the molecule is CCN(CC)c1ccc2cc(-c3oc4cc(/C=C/C(=O)OC)ccc4c(=O)c3O)oc2c1. The fourth-order valence-electron chi connectivity index (χ4n) is 3.62. The van der Waals surface area contributed by atoms with Crippen molar-refractivity contribution in [2.24, 2.45) is 0 Å². The van der Waals surface area contributed by atoms with Crippen LogP contribution in [0.5, 0.6) is 5.75 Å². The first-order valence-corrected chi connectivity index (χ1v) is 10.3. The molecule has 0 saturated carbocycles. The lowest BCUT2D eigenvalue weighted by molar-refractivity contribution is -0.134. The number of aromatic hydroxyl groups is 1. The molecule has 2 aromatic carbocycles. The van der Waals surface area contributed by atoms with Gasteiger partial charge < -0.3 is 23.6 Å². The summed E-state index contributed by atoms with van der Waals surface area (Å²) < 4.78 is 16.4. The number of fused-ring (bicyclic) bond motifs is 2. The van der Waals surface area contributed by atoms with Crippen molar-refractivity contribution in [1.29, 1.82) is 0 Å². The molecule has 0 bridgehead atoms. The van der Waals surface area contributed by atoms with Crippen LogP contribution in [-0.2, 0) is 9.53 Å². The Morgan fingerprint density at radius 2 is 1.84 bits per heavy atom. The molecule has 2 heterocycles. The van der Waals surface area contributed by atoms with E-state index < -0.39 is 17.1 Å². The number of hydrogen-bond acceptors (Lipinski definition) is 7. The molecule has 0 amide bonds. The molecule has 0 aliphatic heterocycles. The van der Waals surface area contributed by atoms with Crippen molar-refractivity contribution in [1.82, 2.24) is 0 Å². The van der Waals surface area contributed by atoms with E-state index in [2.05, 4.69) is 23.5 Å². The fourth-order valence-corrected chi connectivity index (χ4v) is 3.62. The number of benzene rings is 2. The highest BCUT2D eigenvalue weighted by Gasteiger charge is 2.19. The number of methoxy groups -OCH3 is 1. The third-order valence-corrected chi connectivity index (χ3v) is 5.36. The van der Waals surface area contributed by atoms with Crippen LogP contribution in [0.4, 0.5) is 5.69 Å². The van der Waals surface area contributed by atoms with Gasteiger partial charge in [0, 0.05) is 36.3 Å². The second-order valence-corrected chi connectivity index (χ2v) is 7.23. The summed E-state index contributed by atoms with van der Waals surface area (Å²) in [7, 11) is 1.29. The van der Waals surface area contributed by atoms with Crippen LogP contribution in [0.3, 0.4) is 0 Å². The lowest BCUT2D eigenvalue weighted by Gasteiger charge is -2.20. The monoisotopic (exact) mass is 433 g/mol. The van der Waals surface area contributed by atoms with E-state index in [1.54, 1.807) is 24.3 Å². The van der Waals surface area contributed by atoms with Crippen LogP contribution in [-0.4, -0.2) is 31.3 Å². The van der Waals surface area contributed by atoms with Crippen molar-refractivity contribution in [2.45, 2.75) is 13.8 Å². The van der Waals surface area contributed by atoms with Gasteiger partial charge >= 0.3 is 5.97 Å². The minimum Gasteiger partial charge on any atom is -0.501 e. The van der Waals surface area contributed by atoms with E-state index >= 15 is 0 Å². The molecule has 0 spiro atoms. The fraction of sp³-hybridized carbons (Fsp3) is 0.200. The van der Waals surface area contributed by atoms with Crippen molar-refractivity contribution in [3.63, 3.8) is 0 Å². The van der Waals surface area contributed by atoms with Crippen LogP contribution < -0.4 is 10.3 Å². The Hall–Kier alpha value is -4.00. The molecule has 7 heteroatoms. The Morgan fingerprint density at radius 3 is 2.56 bits per heavy atom. The first-order chi connectivity index (χ1) is 15.4. The van der Waals surface area contributed by atoms with E-state index in [1.807, 2.05) is 18.2 Å². The molecule has 2 aromatic heterocycles. The van der Waals surface area contributed by atoms with Crippen molar-refractivity contribution >= 4 is 39.7 Å². The summed E-state index contributed by atoms with van der Waals surface area (Å²) in [5, 5.41) is 11.6. The zero-order chi connectivity index (χ0) is 22.8. The summed E-state index contributed by atoms with van der Waals surface area (Å²) in [6.45, 7) is 5.89. The van der Waals surface area contributed by atoms with Gasteiger partial charge in [0.25, 0.3) is 0 Å². The molecule has 0 aliphatic rings. The van der Waals surface area contributed by atoms with Crippen LogP contribution in [0.25, 0.3) is 39.5 Å². The van der Waals surface area contributed by atoms with Crippen molar-refractivity contribution in [3.05, 3.63) is 64.3 Å². The summed E-state index contributed by atoms with van der Waals surface area (Å²) in [6.07, 6.45) is 2.82. The molecule has 4 aromatic rings. The molecule has 164 valence electrons. The average Bonchev–Trinajstić information content (AvgIpc) is 3.23. The molecule has 0 aliphatic carbocycles. The largest absolute Gasteiger partial charge is 0.501 e. The van der Waals surface area contributed by atoms with Crippen LogP contribution in [0.2, 0.25) is 0 Å². The molecule has 0 atom stereocenters. The molecule has 0 unspecified atom stereocenters. The molecule has 0 fully saturated rings. The second kappa shape index (κ2) is 8.63. The van der Waals surface area contributed by atoms with Gasteiger partial charge in [-0.15, -0.1) is 0 Å². The first-order valence-electron chi connectivity index (χ1n) is 10.3. The summed E-state index contributed by atoms with van der Waals surface area (Å²) in [5.41, 5.74) is 1.99. The summed E-state index contributed by atoms with van der Waals surface area (Å²) in [4.78, 5) is 26.3. The summed E-state index contributed by atoms with van der Waals surface area (Å²) in [5.74, 6) is -0.802. The number of carbonyl (C=O) groups excluding carboxylic acids is 1. The van der Waals surface area contributed by atoms with Crippen LogP contribution in [0, 0.1) is 0 Å². The third kappa shape index (κ3) is 3.85. The number of esters is 1. The highest BCUT2D eigenvalue weighted by Crippen LogP contribution is 2.35. The smallest absolute Gasteiger partial charge is 0.330 e. The number of nitrogens with zero attached hydrogens (tertiary/aromatic N) is 1. The Kier molecular flexibility index (Phi) is 5.73. The number of rotatable bonds is 6. The van der Waals surface area contributed by atoms with E-state index in [4.69, 9.17) is 8.83 Å². The van der Waals surface area contributed by atoms with Gasteiger partial charge in [-0.3, -0.25) is 4.79 Å². The normalized spacial score (nSPS) is 11.5. The Balaban J connectivity index is 1.81. The maximum Gasteiger partial charge on any atom is 0.330 e. The maximum absolute atomic E-state index is 12.7. The quantitative estimate of drug-likeness (QED) is 0.340. The predicted molar refractivity (Wildman–Crippen MR) is 124 cm³/mol.